The zero-order valence-electron chi connectivity index (χ0n) is 10.2. The van der Waals surface area contributed by atoms with Crippen molar-refractivity contribution in [3.63, 3.8) is 0 Å². The largest absolute Gasteiger partial charge is 0.313 e. The molecule has 1 aromatic heterocycles. The third-order valence-corrected chi connectivity index (χ3v) is 3.47. The third-order valence-electron chi connectivity index (χ3n) is 3.47. The van der Waals surface area contributed by atoms with E-state index >= 15 is 0 Å². The molecule has 0 aromatic carbocycles. The Bertz CT molecular complexity index is 389. The molecule has 0 aliphatic heterocycles. The summed E-state index contributed by atoms with van der Waals surface area (Å²) in [6.45, 7) is 1.92. The van der Waals surface area contributed by atoms with Crippen LogP contribution in [0.1, 0.15) is 43.4 Å². The highest BCUT2D eigenvalue weighted by molar-refractivity contribution is 5.25. The number of aromatic nitrogens is 1. The quantitative estimate of drug-likeness (QED) is 0.790. The summed E-state index contributed by atoms with van der Waals surface area (Å²) in [5.74, 6) is 0.939. The van der Waals surface area contributed by atoms with Gasteiger partial charge in [-0.2, -0.15) is 5.26 Å². The van der Waals surface area contributed by atoms with Gasteiger partial charge in [-0.1, -0.05) is 25.7 Å². The molecule has 3 heteroatoms. The van der Waals surface area contributed by atoms with Gasteiger partial charge in [0.15, 0.2) is 0 Å². The molecule has 0 unspecified atom stereocenters. The maximum absolute atomic E-state index is 8.74. The monoisotopic (exact) mass is 229 g/mol. The first-order valence-corrected chi connectivity index (χ1v) is 6.44. The van der Waals surface area contributed by atoms with E-state index in [0.717, 1.165) is 24.6 Å². The van der Waals surface area contributed by atoms with Crippen molar-refractivity contribution < 1.29 is 0 Å². The number of nitrogens with one attached hydrogen (secondary N) is 1. The Kier molecular flexibility index (Phi) is 4.52. The van der Waals surface area contributed by atoms with Gasteiger partial charge >= 0.3 is 0 Å². The Morgan fingerprint density at radius 1 is 1.41 bits per heavy atom. The number of hydrogen-bond acceptors (Lipinski definition) is 3. The number of nitrogens with zero attached hydrogens (tertiary/aromatic N) is 2. The van der Waals surface area contributed by atoms with Gasteiger partial charge in [-0.05, 0) is 36.6 Å². The van der Waals surface area contributed by atoms with Gasteiger partial charge in [-0.25, -0.2) is 4.98 Å². The zero-order valence-corrected chi connectivity index (χ0v) is 10.2. The molecule has 2 rings (SSSR count). The van der Waals surface area contributed by atoms with Crippen molar-refractivity contribution in [2.24, 2.45) is 5.92 Å². The number of hydrogen-bond donors (Lipinski definition) is 1. The first kappa shape index (κ1) is 12.1. The lowest BCUT2D eigenvalue weighted by Gasteiger charge is -2.09. The third kappa shape index (κ3) is 3.83. The second-order valence-electron chi connectivity index (χ2n) is 4.78. The smallest absolute Gasteiger partial charge is 0.140 e. The van der Waals surface area contributed by atoms with Crippen molar-refractivity contribution in [2.75, 3.05) is 6.54 Å². The van der Waals surface area contributed by atoms with Crippen LogP contribution in [0.15, 0.2) is 18.3 Å². The van der Waals surface area contributed by atoms with E-state index in [1.807, 2.05) is 12.1 Å². The fourth-order valence-electron chi connectivity index (χ4n) is 2.48. The summed E-state index contributed by atoms with van der Waals surface area (Å²) in [5, 5.41) is 12.2. The van der Waals surface area contributed by atoms with Crippen LogP contribution in [0.4, 0.5) is 0 Å². The van der Waals surface area contributed by atoms with Gasteiger partial charge in [-0.15, -0.1) is 0 Å². The van der Waals surface area contributed by atoms with Gasteiger partial charge in [0.1, 0.15) is 11.8 Å². The Balaban J connectivity index is 1.68. The number of pyridine rings is 1. The molecule has 1 saturated carbocycles. The van der Waals surface area contributed by atoms with Crippen molar-refractivity contribution >= 4 is 0 Å². The average molecular weight is 229 g/mol. The molecule has 0 atom stereocenters. The van der Waals surface area contributed by atoms with Crippen LogP contribution in [0.25, 0.3) is 0 Å². The highest BCUT2D eigenvalue weighted by atomic mass is 14.8. The van der Waals surface area contributed by atoms with Crippen molar-refractivity contribution in [3.8, 4) is 6.07 Å². The molecule has 1 fully saturated rings. The van der Waals surface area contributed by atoms with E-state index in [4.69, 9.17) is 5.26 Å². The van der Waals surface area contributed by atoms with Gasteiger partial charge in [0, 0.05) is 12.7 Å². The van der Waals surface area contributed by atoms with Gasteiger partial charge < -0.3 is 5.32 Å². The first-order chi connectivity index (χ1) is 8.38. The Hall–Kier alpha value is -1.40. The molecule has 0 spiro atoms. The Morgan fingerprint density at radius 3 is 3.00 bits per heavy atom. The molecule has 0 amide bonds. The van der Waals surface area contributed by atoms with Crippen LogP contribution in [0.2, 0.25) is 0 Å². The van der Waals surface area contributed by atoms with Crippen LogP contribution >= 0.6 is 0 Å². The fourth-order valence-corrected chi connectivity index (χ4v) is 2.48. The van der Waals surface area contributed by atoms with E-state index in [1.54, 1.807) is 6.20 Å². The lowest BCUT2D eigenvalue weighted by Crippen LogP contribution is -2.17. The predicted molar refractivity (Wildman–Crippen MR) is 67.2 cm³/mol. The van der Waals surface area contributed by atoms with E-state index in [1.165, 1.54) is 32.1 Å². The van der Waals surface area contributed by atoms with E-state index in [9.17, 15) is 0 Å². The van der Waals surface area contributed by atoms with Crippen molar-refractivity contribution in [1.82, 2.24) is 10.3 Å². The molecular weight excluding hydrogens is 210 g/mol. The molecule has 90 valence electrons. The highest BCUT2D eigenvalue weighted by Gasteiger charge is 2.13. The second-order valence-corrected chi connectivity index (χ2v) is 4.78. The lowest BCUT2D eigenvalue weighted by atomic mass is 10.0. The maximum atomic E-state index is 8.74. The lowest BCUT2D eigenvalue weighted by molar-refractivity contribution is 0.477. The van der Waals surface area contributed by atoms with Crippen LogP contribution in [-0.4, -0.2) is 11.5 Å². The Morgan fingerprint density at radius 2 is 2.24 bits per heavy atom. The van der Waals surface area contributed by atoms with Gasteiger partial charge in [-0.3, -0.25) is 0 Å². The van der Waals surface area contributed by atoms with Gasteiger partial charge in [0.2, 0.25) is 0 Å². The summed E-state index contributed by atoms with van der Waals surface area (Å²) in [4.78, 5) is 3.96. The normalized spacial score (nSPS) is 15.9. The van der Waals surface area contributed by atoms with Crippen LogP contribution < -0.4 is 5.32 Å². The molecule has 1 aliphatic carbocycles. The molecule has 3 nitrogen and oxygen atoms in total. The summed E-state index contributed by atoms with van der Waals surface area (Å²) in [6.07, 6.45) is 8.65. The Labute approximate surface area is 103 Å². The second kappa shape index (κ2) is 6.36. The van der Waals surface area contributed by atoms with E-state index < -0.39 is 0 Å². The van der Waals surface area contributed by atoms with Crippen molar-refractivity contribution in [3.05, 3.63) is 29.6 Å². The van der Waals surface area contributed by atoms with Crippen LogP contribution in [0.5, 0.6) is 0 Å². The summed E-state index contributed by atoms with van der Waals surface area (Å²) in [7, 11) is 0. The van der Waals surface area contributed by atoms with Crippen LogP contribution in [0.3, 0.4) is 0 Å². The average Bonchev–Trinajstić information content (AvgIpc) is 2.88. The first-order valence-electron chi connectivity index (χ1n) is 6.44. The van der Waals surface area contributed by atoms with Crippen molar-refractivity contribution in [2.45, 2.75) is 38.6 Å². The topological polar surface area (TPSA) is 48.7 Å². The minimum Gasteiger partial charge on any atom is -0.313 e. The van der Waals surface area contributed by atoms with E-state index in [2.05, 4.69) is 16.4 Å². The maximum Gasteiger partial charge on any atom is 0.140 e. The van der Waals surface area contributed by atoms with Gasteiger partial charge in [0.25, 0.3) is 0 Å². The highest BCUT2D eigenvalue weighted by Crippen LogP contribution is 2.26. The summed E-state index contributed by atoms with van der Waals surface area (Å²) >= 11 is 0. The summed E-state index contributed by atoms with van der Waals surface area (Å²) < 4.78 is 0. The molecule has 1 heterocycles. The molecule has 1 aliphatic rings. The van der Waals surface area contributed by atoms with Crippen LogP contribution in [0, 0.1) is 17.2 Å². The number of rotatable bonds is 5. The molecule has 0 radical (unpaired) electrons. The van der Waals surface area contributed by atoms with Crippen molar-refractivity contribution in [1.29, 1.82) is 5.26 Å². The zero-order chi connectivity index (χ0) is 11.9. The van der Waals surface area contributed by atoms with Gasteiger partial charge in [0.05, 0.1) is 0 Å². The molecule has 17 heavy (non-hydrogen) atoms. The predicted octanol–water partition coefficient (Wildman–Crippen LogP) is 2.62. The van der Waals surface area contributed by atoms with E-state index in [0.29, 0.717) is 5.69 Å². The summed E-state index contributed by atoms with van der Waals surface area (Å²) in [6, 6.07) is 5.88. The molecule has 1 N–H and O–H groups in total. The minimum absolute atomic E-state index is 0.500. The SMILES string of the molecule is N#Cc1cc(CNCCC2CCCC2)ccn1. The fraction of sp³-hybridized carbons (Fsp3) is 0.571. The summed E-state index contributed by atoms with van der Waals surface area (Å²) in [5.41, 5.74) is 1.64. The number of nitriles is 1. The minimum atomic E-state index is 0.500. The molecule has 1 aromatic rings. The molecule has 0 bridgehead atoms. The molecule has 0 saturated heterocycles. The molecular formula is C14H19N3. The van der Waals surface area contributed by atoms with E-state index in [-0.39, 0.29) is 0 Å². The van der Waals surface area contributed by atoms with Crippen LogP contribution in [-0.2, 0) is 6.54 Å². The standard InChI is InChI=1S/C14H19N3/c15-10-14-9-13(6-8-17-14)11-16-7-5-12-3-1-2-4-12/h6,8-9,12,16H,1-5,7,11H2.